The van der Waals surface area contributed by atoms with E-state index >= 15 is 0 Å². The number of carbonyl (C=O) groups is 1. The predicted octanol–water partition coefficient (Wildman–Crippen LogP) is 1.07. The van der Waals surface area contributed by atoms with Gasteiger partial charge in [0.1, 0.15) is 5.76 Å². The highest BCUT2D eigenvalue weighted by Gasteiger charge is 2.17. The molecule has 1 rings (SSSR count). The predicted molar refractivity (Wildman–Crippen MR) is 37.0 cm³/mol. The van der Waals surface area contributed by atoms with Crippen molar-refractivity contribution in [3.63, 3.8) is 0 Å². The number of cyclic esters (lactones) is 2. The Morgan fingerprint density at radius 3 is 3.09 bits per heavy atom. The summed E-state index contributed by atoms with van der Waals surface area (Å²) in [6.45, 7) is 3.24. The van der Waals surface area contributed by atoms with Crippen molar-refractivity contribution in [2.24, 2.45) is 0 Å². The molecular formula is C7H10O4. The molecule has 1 fully saturated rings. The van der Waals surface area contributed by atoms with Gasteiger partial charge in [0.2, 0.25) is 0 Å². The van der Waals surface area contributed by atoms with Crippen LogP contribution in [0, 0.1) is 0 Å². The Morgan fingerprint density at radius 1 is 1.73 bits per heavy atom. The topological polar surface area (TPSA) is 44.8 Å². The van der Waals surface area contributed by atoms with E-state index in [4.69, 9.17) is 4.74 Å². The molecule has 0 spiro atoms. The van der Waals surface area contributed by atoms with Crippen LogP contribution in [0.25, 0.3) is 0 Å². The molecule has 0 aliphatic carbocycles. The molecule has 0 aromatic rings. The number of carbonyl (C=O) groups excluding carboxylic acids is 1. The molecule has 0 aromatic carbocycles. The van der Waals surface area contributed by atoms with Gasteiger partial charge >= 0.3 is 6.16 Å². The van der Waals surface area contributed by atoms with Gasteiger partial charge in [0, 0.05) is 6.61 Å². The lowest BCUT2D eigenvalue weighted by atomic mass is 10.5. The summed E-state index contributed by atoms with van der Waals surface area (Å²) in [7, 11) is 0. The Labute approximate surface area is 64.7 Å². The summed E-state index contributed by atoms with van der Waals surface area (Å²) in [5.74, 6) is 0.531. The Balaban J connectivity index is 2.25. The third-order valence-corrected chi connectivity index (χ3v) is 1.18. The molecule has 0 atom stereocenters. The molecule has 0 bridgehead atoms. The Bertz CT molecular complexity index is 173. The molecule has 0 radical (unpaired) electrons. The Morgan fingerprint density at radius 2 is 2.55 bits per heavy atom. The fraction of sp³-hybridized carbons (Fsp3) is 0.571. The maximum absolute atomic E-state index is 10.4. The van der Waals surface area contributed by atoms with E-state index in [-0.39, 0.29) is 6.61 Å². The standard InChI is InChI=1S/C7H10O4/c1-2-9-4-3-6-5-10-7(8)11-6/h3H,2,4-5H2,1H3. The average molecular weight is 158 g/mol. The average Bonchev–Trinajstić information content (AvgIpc) is 2.37. The number of hydrogen-bond acceptors (Lipinski definition) is 4. The Kier molecular flexibility index (Phi) is 2.92. The lowest BCUT2D eigenvalue weighted by Crippen LogP contribution is -1.92. The van der Waals surface area contributed by atoms with E-state index in [1.165, 1.54) is 0 Å². The van der Waals surface area contributed by atoms with Gasteiger partial charge in [0.05, 0.1) is 6.61 Å². The molecule has 11 heavy (non-hydrogen) atoms. The van der Waals surface area contributed by atoms with Gasteiger partial charge in [-0.15, -0.1) is 0 Å². The molecule has 0 N–H and O–H groups in total. The van der Waals surface area contributed by atoms with Gasteiger partial charge in [-0.2, -0.15) is 0 Å². The summed E-state index contributed by atoms with van der Waals surface area (Å²) in [6.07, 6.45) is 1.06. The van der Waals surface area contributed by atoms with E-state index in [1.54, 1.807) is 6.08 Å². The van der Waals surface area contributed by atoms with Crippen molar-refractivity contribution >= 4 is 6.16 Å². The molecule has 62 valence electrons. The summed E-state index contributed by atoms with van der Waals surface area (Å²) < 4.78 is 14.1. The first kappa shape index (κ1) is 8.07. The highest BCUT2D eigenvalue weighted by atomic mass is 16.8. The van der Waals surface area contributed by atoms with E-state index in [2.05, 4.69) is 9.47 Å². The fourth-order valence-electron chi connectivity index (χ4n) is 0.666. The molecule has 0 saturated carbocycles. The second-order valence-electron chi connectivity index (χ2n) is 1.97. The molecule has 0 aromatic heterocycles. The van der Waals surface area contributed by atoms with Crippen LogP contribution in [0.1, 0.15) is 6.92 Å². The molecule has 1 saturated heterocycles. The van der Waals surface area contributed by atoms with Gasteiger partial charge in [0.25, 0.3) is 0 Å². The molecule has 1 heterocycles. The molecule has 4 heteroatoms. The van der Waals surface area contributed by atoms with Crippen molar-refractivity contribution in [1.82, 2.24) is 0 Å². The minimum atomic E-state index is -0.632. The number of hydrogen-bond donors (Lipinski definition) is 0. The first-order chi connectivity index (χ1) is 5.33. The van der Waals surface area contributed by atoms with Crippen LogP contribution in [0.15, 0.2) is 11.8 Å². The van der Waals surface area contributed by atoms with Crippen molar-refractivity contribution in [3.05, 3.63) is 11.8 Å². The van der Waals surface area contributed by atoms with Gasteiger partial charge in [-0.05, 0) is 13.0 Å². The Hall–Kier alpha value is -1.03. The van der Waals surface area contributed by atoms with Crippen molar-refractivity contribution in [2.75, 3.05) is 19.8 Å². The SMILES string of the molecule is CCOCC=C1COC(=O)O1. The fourth-order valence-corrected chi connectivity index (χ4v) is 0.666. The van der Waals surface area contributed by atoms with Gasteiger partial charge in [-0.3, -0.25) is 0 Å². The molecule has 4 nitrogen and oxygen atoms in total. The zero-order valence-corrected chi connectivity index (χ0v) is 6.33. The van der Waals surface area contributed by atoms with Crippen LogP contribution < -0.4 is 0 Å². The summed E-state index contributed by atoms with van der Waals surface area (Å²) in [5.41, 5.74) is 0. The smallest absolute Gasteiger partial charge is 0.426 e. The number of ether oxygens (including phenoxy) is 3. The second-order valence-corrected chi connectivity index (χ2v) is 1.97. The van der Waals surface area contributed by atoms with Crippen LogP contribution in [0.2, 0.25) is 0 Å². The monoisotopic (exact) mass is 158 g/mol. The van der Waals surface area contributed by atoms with E-state index in [0.29, 0.717) is 19.0 Å². The lowest BCUT2D eigenvalue weighted by molar-refractivity contribution is 0.135. The first-order valence-electron chi connectivity index (χ1n) is 3.44. The summed E-state index contributed by atoms with van der Waals surface area (Å²) >= 11 is 0. The maximum Gasteiger partial charge on any atom is 0.514 e. The molecular weight excluding hydrogens is 148 g/mol. The van der Waals surface area contributed by atoms with E-state index < -0.39 is 6.16 Å². The quantitative estimate of drug-likeness (QED) is 0.455. The minimum Gasteiger partial charge on any atom is -0.426 e. The van der Waals surface area contributed by atoms with Crippen molar-refractivity contribution in [2.45, 2.75) is 6.92 Å². The minimum absolute atomic E-state index is 0.228. The van der Waals surface area contributed by atoms with Gasteiger partial charge < -0.3 is 14.2 Å². The van der Waals surface area contributed by atoms with Crippen LogP contribution in [0.5, 0.6) is 0 Å². The van der Waals surface area contributed by atoms with Gasteiger partial charge in [0.15, 0.2) is 6.61 Å². The van der Waals surface area contributed by atoms with E-state index in [0.717, 1.165) is 0 Å². The van der Waals surface area contributed by atoms with E-state index in [1.807, 2.05) is 6.92 Å². The van der Waals surface area contributed by atoms with Crippen LogP contribution in [-0.4, -0.2) is 26.0 Å². The zero-order valence-electron chi connectivity index (χ0n) is 6.33. The largest absolute Gasteiger partial charge is 0.514 e. The van der Waals surface area contributed by atoms with Crippen molar-refractivity contribution in [3.8, 4) is 0 Å². The van der Waals surface area contributed by atoms with Crippen LogP contribution in [0.3, 0.4) is 0 Å². The van der Waals surface area contributed by atoms with Crippen molar-refractivity contribution in [1.29, 1.82) is 0 Å². The van der Waals surface area contributed by atoms with Gasteiger partial charge in [-0.25, -0.2) is 4.79 Å². The highest BCUT2D eigenvalue weighted by Crippen LogP contribution is 2.08. The third kappa shape index (κ3) is 2.59. The highest BCUT2D eigenvalue weighted by molar-refractivity contribution is 5.64. The van der Waals surface area contributed by atoms with Crippen LogP contribution in [0.4, 0.5) is 4.79 Å². The van der Waals surface area contributed by atoms with E-state index in [9.17, 15) is 4.79 Å². The lowest BCUT2D eigenvalue weighted by Gasteiger charge is -1.93. The van der Waals surface area contributed by atoms with Crippen molar-refractivity contribution < 1.29 is 19.0 Å². The third-order valence-electron chi connectivity index (χ3n) is 1.18. The molecule has 1 aliphatic heterocycles. The maximum atomic E-state index is 10.4. The van der Waals surface area contributed by atoms with Crippen LogP contribution in [-0.2, 0) is 14.2 Å². The first-order valence-corrected chi connectivity index (χ1v) is 3.44. The summed E-state index contributed by atoms with van der Waals surface area (Å²) in [5, 5.41) is 0. The number of rotatable bonds is 3. The molecule has 0 unspecified atom stereocenters. The summed E-state index contributed by atoms with van der Waals surface area (Å²) in [6, 6.07) is 0. The summed E-state index contributed by atoms with van der Waals surface area (Å²) in [4.78, 5) is 10.4. The normalized spacial score (nSPS) is 20.1. The van der Waals surface area contributed by atoms with Gasteiger partial charge in [-0.1, -0.05) is 0 Å². The second kappa shape index (κ2) is 3.98. The molecule has 1 aliphatic rings. The molecule has 0 amide bonds. The zero-order chi connectivity index (χ0) is 8.10. The van der Waals surface area contributed by atoms with Crippen LogP contribution >= 0.6 is 0 Å².